The molecule has 3 amide bonds. The number of primary amides is 1. The highest BCUT2D eigenvalue weighted by atomic mass is 16.3. The molecule has 7 heteroatoms. The average molecular weight is 318 g/mol. The third kappa shape index (κ3) is 4.29. The second-order valence-electron chi connectivity index (χ2n) is 5.42. The minimum atomic E-state index is -1.32. The normalized spacial score (nSPS) is 19.3. The van der Waals surface area contributed by atoms with Crippen molar-refractivity contribution in [3.8, 4) is 0 Å². The third-order valence-corrected chi connectivity index (χ3v) is 3.85. The van der Waals surface area contributed by atoms with E-state index < -0.39 is 24.0 Å². The molecule has 1 aliphatic rings. The summed E-state index contributed by atoms with van der Waals surface area (Å²) < 4.78 is 0. The molecule has 1 aliphatic heterocycles. The first-order valence-corrected chi connectivity index (χ1v) is 7.37. The first kappa shape index (κ1) is 17.0. The molecule has 1 heterocycles. The van der Waals surface area contributed by atoms with Gasteiger partial charge in [0.1, 0.15) is 12.1 Å². The number of carbonyl (C=O) groups excluding carboxylic acids is 3. The van der Waals surface area contributed by atoms with E-state index in [9.17, 15) is 19.5 Å². The highest BCUT2D eigenvalue weighted by Gasteiger charge is 2.36. The van der Waals surface area contributed by atoms with Gasteiger partial charge in [0, 0.05) is 26.1 Å². The minimum Gasteiger partial charge on any atom is -0.383 e. The molecular weight excluding hydrogens is 298 g/mol. The Hall–Kier alpha value is -2.41. The lowest BCUT2D eigenvalue weighted by Crippen LogP contribution is -2.61. The SMILES string of the molecule is NC(=O)C1CN(C=O)CCN1C(=O)[C@H](O)[CH]Cc1ccccc1. The van der Waals surface area contributed by atoms with Crippen LogP contribution in [0.25, 0.3) is 0 Å². The predicted molar refractivity (Wildman–Crippen MR) is 82.8 cm³/mol. The fourth-order valence-corrected chi connectivity index (χ4v) is 2.54. The van der Waals surface area contributed by atoms with Gasteiger partial charge in [-0.15, -0.1) is 0 Å². The lowest BCUT2D eigenvalue weighted by atomic mass is 10.0. The van der Waals surface area contributed by atoms with Crippen LogP contribution in [0, 0.1) is 6.42 Å². The first-order valence-electron chi connectivity index (χ1n) is 7.37. The van der Waals surface area contributed by atoms with Crippen molar-refractivity contribution in [3.05, 3.63) is 42.3 Å². The largest absolute Gasteiger partial charge is 0.383 e. The van der Waals surface area contributed by atoms with E-state index in [2.05, 4.69) is 0 Å². The van der Waals surface area contributed by atoms with Gasteiger partial charge in [-0.2, -0.15) is 0 Å². The standard InChI is InChI=1S/C16H20N3O4/c17-15(22)13-10-18(11-20)8-9-19(13)16(23)14(21)7-6-12-4-2-1-3-5-12/h1-5,7,11,13-14,21H,6,8-10H2,(H2,17,22)/t13?,14-/m1/s1. The molecule has 1 radical (unpaired) electrons. The zero-order valence-electron chi connectivity index (χ0n) is 12.7. The van der Waals surface area contributed by atoms with E-state index in [0.29, 0.717) is 19.4 Å². The predicted octanol–water partition coefficient (Wildman–Crippen LogP) is -1.05. The molecule has 0 spiro atoms. The molecule has 1 fully saturated rings. The van der Waals surface area contributed by atoms with Gasteiger partial charge in [-0.1, -0.05) is 30.3 Å². The first-order chi connectivity index (χ1) is 11.0. The van der Waals surface area contributed by atoms with E-state index in [0.717, 1.165) is 5.56 Å². The quantitative estimate of drug-likeness (QED) is 0.653. The van der Waals surface area contributed by atoms with Gasteiger partial charge in [0.05, 0.1) is 0 Å². The van der Waals surface area contributed by atoms with Crippen LogP contribution < -0.4 is 5.73 Å². The lowest BCUT2D eigenvalue weighted by molar-refractivity contribution is -0.149. The van der Waals surface area contributed by atoms with Crippen molar-refractivity contribution >= 4 is 18.2 Å². The highest BCUT2D eigenvalue weighted by Crippen LogP contribution is 2.13. The number of hydrogen-bond donors (Lipinski definition) is 2. The Labute approximate surface area is 134 Å². The number of carbonyl (C=O) groups is 3. The van der Waals surface area contributed by atoms with Gasteiger partial charge < -0.3 is 20.6 Å². The lowest BCUT2D eigenvalue weighted by Gasteiger charge is -2.39. The van der Waals surface area contributed by atoms with Crippen LogP contribution in [0.1, 0.15) is 5.56 Å². The maximum Gasteiger partial charge on any atom is 0.252 e. The van der Waals surface area contributed by atoms with Gasteiger partial charge in [0.2, 0.25) is 12.3 Å². The fourth-order valence-electron chi connectivity index (χ4n) is 2.54. The Morgan fingerprint density at radius 3 is 2.61 bits per heavy atom. The molecule has 2 rings (SSSR count). The molecule has 1 aromatic carbocycles. The summed E-state index contributed by atoms with van der Waals surface area (Å²) in [6.07, 6.45) is 1.22. The molecule has 3 N–H and O–H groups in total. The van der Waals surface area contributed by atoms with Crippen molar-refractivity contribution in [2.45, 2.75) is 18.6 Å². The maximum absolute atomic E-state index is 12.4. The molecule has 0 aromatic heterocycles. The van der Waals surface area contributed by atoms with Crippen LogP contribution in [0.2, 0.25) is 0 Å². The zero-order chi connectivity index (χ0) is 16.8. The van der Waals surface area contributed by atoms with Crippen LogP contribution in [0.3, 0.4) is 0 Å². The van der Waals surface area contributed by atoms with Crippen molar-refractivity contribution < 1.29 is 19.5 Å². The number of hydrogen-bond acceptors (Lipinski definition) is 4. The van der Waals surface area contributed by atoms with Gasteiger partial charge in [0.25, 0.3) is 5.91 Å². The molecular formula is C16H20N3O4. The Morgan fingerprint density at radius 2 is 2.00 bits per heavy atom. The Kier molecular flexibility index (Phi) is 5.70. The van der Waals surface area contributed by atoms with Gasteiger partial charge in [0.15, 0.2) is 0 Å². The summed E-state index contributed by atoms with van der Waals surface area (Å²) in [6.45, 7) is 0.530. The van der Waals surface area contributed by atoms with Crippen molar-refractivity contribution in [3.63, 3.8) is 0 Å². The minimum absolute atomic E-state index is 0.0516. The zero-order valence-corrected chi connectivity index (χ0v) is 12.7. The summed E-state index contributed by atoms with van der Waals surface area (Å²) in [5, 5.41) is 10.1. The number of benzene rings is 1. The topological polar surface area (TPSA) is 104 Å². The van der Waals surface area contributed by atoms with E-state index >= 15 is 0 Å². The molecule has 2 atom stereocenters. The summed E-state index contributed by atoms with van der Waals surface area (Å²) in [5.74, 6) is -1.27. The van der Waals surface area contributed by atoms with Crippen molar-refractivity contribution in [2.24, 2.45) is 5.73 Å². The Bertz CT molecular complexity index is 564. The monoisotopic (exact) mass is 318 g/mol. The van der Waals surface area contributed by atoms with E-state index in [-0.39, 0.29) is 13.1 Å². The number of amides is 3. The summed E-state index contributed by atoms with van der Waals surface area (Å²) in [5.41, 5.74) is 6.28. The summed E-state index contributed by atoms with van der Waals surface area (Å²) in [4.78, 5) is 37.3. The van der Waals surface area contributed by atoms with Crippen LogP contribution in [0.5, 0.6) is 0 Å². The van der Waals surface area contributed by atoms with E-state index in [1.54, 1.807) is 0 Å². The van der Waals surface area contributed by atoms with Crippen LogP contribution >= 0.6 is 0 Å². The molecule has 1 aromatic rings. The second kappa shape index (κ2) is 7.73. The second-order valence-corrected chi connectivity index (χ2v) is 5.42. The Morgan fingerprint density at radius 1 is 1.30 bits per heavy atom. The summed E-state index contributed by atoms with van der Waals surface area (Å²) in [6, 6.07) is 8.50. The van der Waals surface area contributed by atoms with E-state index in [1.165, 1.54) is 16.2 Å². The van der Waals surface area contributed by atoms with Gasteiger partial charge in [-0.05, 0) is 12.0 Å². The van der Waals surface area contributed by atoms with Crippen LogP contribution in [-0.4, -0.2) is 64.9 Å². The number of piperazine rings is 1. The number of nitrogens with zero attached hydrogens (tertiary/aromatic N) is 2. The molecule has 1 saturated heterocycles. The molecule has 0 saturated carbocycles. The number of rotatable bonds is 6. The van der Waals surface area contributed by atoms with Crippen molar-refractivity contribution in [2.75, 3.05) is 19.6 Å². The summed E-state index contributed by atoms with van der Waals surface area (Å²) in [7, 11) is 0. The van der Waals surface area contributed by atoms with Gasteiger partial charge in [-0.25, -0.2) is 0 Å². The van der Waals surface area contributed by atoms with Crippen LogP contribution in [-0.2, 0) is 20.8 Å². The number of aliphatic hydroxyl groups excluding tert-OH is 1. The highest BCUT2D eigenvalue weighted by molar-refractivity contribution is 5.89. The molecule has 123 valence electrons. The Balaban J connectivity index is 1.97. The molecule has 0 aliphatic carbocycles. The van der Waals surface area contributed by atoms with E-state index in [1.807, 2.05) is 30.3 Å². The van der Waals surface area contributed by atoms with Gasteiger partial charge in [-0.3, -0.25) is 14.4 Å². The van der Waals surface area contributed by atoms with Gasteiger partial charge >= 0.3 is 0 Å². The smallest absolute Gasteiger partial charge is 0.252 e. The fraction of sp³-hybridized carbons (Fsp3) is 0.375. The average Bonchev–Trinajstić information content (AvgIpc) is 2.59. The van der Waals surface area contributed by atoms with Crippen LogP contribution in [0.15, 0.2) is 30.3 Å². The van der Waals surface area contributed by atoms with Crippen molar-refractivity contribution in [1.29, 1.82) is 0 Å². The van der Waals surface area contributed by atoms with Crippen molar-refractivity contribution in [1.82, 2.24) is 9.80 Å². The molecule has 0 bridgehead atoms. The summed E-state index contributed by atoms with van der Waals surface area (Å²) >= 11 is 0. The van der Waals surface area contributed by atoms with E-state index in [4.69, 9.17) is 5.73 Å². The molecule has 23 heavy (non-hydrogen) atoms. The third-order valence-electron chi connectivity index (χ3n) is 3.85. The molecule has 7 nitrogen and oxygen atoms in total. The molecule has 1 unspecified atom stereocenters. The number of aliphatic hydroxyl groups is 1. The van der Waals surface area contributed by atoms with Crippen LogP contribution in [0.4, 0.5) is 0 Å². The maximum atomic E-state index is 12.4. The number of nitrogens with two attached hydrogens (primary N) is 1.